The Labute approximate surface area is 122 Å². The van der Waals surface area contributed by atoms with Gasteiger partial charge in [-0.05, 0) is 48.4 Å². The highest BCUT2D eigenvalue weighted by atomic mass is 19.1. The Kier molecular flexibility index (Phi) is 5.15. The molecule has 0 aliphatic heterocycles. The quantitative estimate of drug-likeness (QED) is 0.887. The number of urea groups is 1. The molecule has 5 heteroatoms. The first-order valence-corrected chi connectivity index (χ1v) is 6.61. The van der Waals surface area contributed by atoms with Crippen molar-refractivity contribution in [2.24, 2.45) is 0 Å². The highest BCUT2D eigenvalue weighted by Crippen LogP contribution is 2.14. The number of halogens is 1. The average Bonchev–Trinajstić information content (AvgIpc) is 2.48. The zero-order valence-corrected chi connectivity index (χ0v) is 11.7. The van der Waals surface area contributed by atoms with Gasteiger partial charge in [0.1, 0.15) is 11.6 Å². The fourth-order valence-electron chi connectivity index (χ4n) is 1.86. The molecule has 2 N–H and O–H groups in total. The minimum absolute atomic E-state index is 0.268. The lowest BCUT2D eigenvalue weighted by molar-refractivity contribution is 0.252. The molecule has 0 aromatic heterocycles. The van der Waals surface area contributed by atoms with E-state index in [0.29, 0.717) is 18.7 Å². The van der Waals surface area contributed by atoms with E-state index >= 15 is 0 Å². The van der Waals surface area contributed by atoms with Crippen molar-refractivity contribution in [2.75, 3.05) is 19.0 Å². The molecule has 110 valence electrons. The number of carbonyl (C=O) groups is 1. The van der Waals surface area contributed by atoms with Gasteiger partial charge in [0.15, 0.2) is 0 Å². The number of rotatable bonds is 5. The second-order valence-electron chi connectivity index (χ2n) is 4.49. The molecule has 21 heavy (non-hydrogen) atoms. The lowest BCUT2D eigenvalue weighted by atomic mass is 10.1. The molecule has 0 aliphatic rings. The number of ether oxygens (including phenoxy) is 1. The van der Waals surface area contributed by atoms with Gasteiger partial charge in [-0.1, -0.05) is 12.1 Å². The highest BCUT2D eigenvalue weighted by molar-refractivity contribution is 5.89. The van der Waals surface area contributed by atoms with Crippen LogP contribution >= 0.6 is 0 Å². The third kappa shape index (κ3) is 4.80. The van der Waals surface area contributed by atoms with Gasteiger partial charge in [-0.25, -0.2) is 9.18 Å². The monoisotopic (exact) mass is 288 g/mol. The largest absolute Gasteiger partial charge is 0.497 e. The second kappa shape index (κ2) is 7.28. The molecule has 0 unspecified atom stereocenters. The van der Waals surface area contributed by atoms with Crippen molar-refractivity contribution in [3.05, 3.63) is 59.9 Å². The fourth-order valence-corrected chi connectivity index (χ4v) is 1.86. The summed E-state index contributed by atoms with van der Waals surface area (Å²) in [4.78, 5) is 11.7. The number of nitrogens with one attached hydrogen (secondary N) is 2. The highest BCUT2D eigenvalue weighted by Gasteiger charge is 2.02. The van der Waals surface area contributed by atoms with Crippen LogP contribution < -0.4 is 15.4 Å². The summed E-state index contributed by atoms with van der Waals surface area (Å²) in [6.45, 7) is 0.436. The number of carbonyl (C=O) groups excluding carboxylic acids is 1. The molecule has 2 amide bonds. The number of anilines is 1. The van der Waals surface area contributed by atoms with Gasteiger partial charge in [0, 0.05) is 12.2 Å². The molecule has 0 aliphatic carbocycles. The van der Waals surface area contributed by atoms with Crippen LogP contribution in [0.2, 0.25) is 0 Å². The fraction of sp³-hybridized carbons (Fsp3) is 0.188. The van der Waals surface area contributed by atoms with E-state index < -0.39 is 0 Å². The van der Waals surface area contributed by atoms with Gasteiger partial charge in [0.05, 0.1) is 7.11 Å². The summed E-state index contributed by atoms with van der Waals surface area (Å²) in [7, 11) is 1.58. The Morgan fingerprint density at radius 2 is 1.95 bits per heavy atom. The van der Waals surface area contributed by atoms with Gasteiger partial charge < -0.3 is 15.4 Å². The first-order chi connectivity index (χ1) is 10.2. The van der Waals surface area contributed by atoms with E-state index in [1.54, 1.807) is 37.4 Å². The van der Waals surface area contributed by atoms with Crippen molar-refractivity contribution in [1.82, 2.24) is 5.32 Å². The first kappa shape index (κ1) is 14.8. The predicted octanol–water partition coefficient (Wildman–Crippen LogP) is 3.20. The van der Waals surface area contributed by atoms with Crippen molar-refractivity contribution in [3.8, 4) is 5.75 Å². The van der Waals surface area contributed by atoms with Gasteiger partial charge in [-0.3, -0.25) is 0 Å². The topological polar surface area (TPSA) is 50.4 Å². The van der Waals surface area contributed by atoms with E-state index in [0.717, 1.165) is 11.3 Å². The smallest absolute Gasteiger partial charge is 0.319 e. The first-order valence-electron chi connectivity index (χ1n) is 6.61. The molecule has 0 bridgehead atoms. The molecule has 0 fully saturated rings. The average molecular weight is 288 g/mol. The van der Waals surface area contributed by atoms with Gasteiger partial charge >= 0.3 is 6.03 Å². The third-order valence-corrected chi connectivity index (χ3v) is 2.94. The minimum Gasteiger partial charge on any atom is -0.497 e. The third-order valence-electron chi connectivity index (χ3n) is 2.94. The van der Waals surface area contributed by atoms with Crippen molar-refractivity contribution < 1.29 is 13.9 Å². The maximum Gasteiger partial charge on any atom is 0.319 e. The van der Waals surface area contributed by atoms with Crippen LogP contribution in [0, 0.1) is 5.82 Å². The zero-order chi connectivity index (χ0) is 15.1. The molecular formula is C16H17FN2O2. The van der Waals surface area contributed by atoms with E-state index in [-0.39, 0.29) is 11.8 Å². The second-order valence-corrected chi connectivity index (χ2v) is 4.49. The Hall–Kier alpha value is -2.56. The van der Waals surface area contributed by atoms with Gasteiger partial charge in [0.25, 0.3) is 0 Å². The maximum absolute atomic E-state index is 13.0. The van der Waals surface area contributed by atoms with Crippen LogP contribution in [0.25, 0.3) is 0 Å². The zero-order valence-electron chi connectivity index (χ0n) is 11.7. The van der Waals surface area contributed by atoms with Crippen LogP contribution in [0.3, 0.4) is 0 Å². The number of methoxy groups -OCH3 is 1. The van der Waals surface area contributed by atoms with E-state index in [1.165, 1.54) is 12.1 Å². The van der Waals surface area contributed by atoms with E-state index in [1.807, 2.05) is 6.07 Å². The van der Waals surface area contributed by atoms with Crippen molar-refractivity contribution in [2.45, 2.75) is 6.42 Å². The van der Waals surface area contributed by atoms with E-state index in [9.17, 15) is 9.18 Å². The summed E-state index contributed by atoms with van der Waals surface area (Å²) in [6, 6.07) is 13.1. The van der Waals surface area contributed by atoms with E-state index in [2.05, 4.69) is 10.6 Å². The van der Waals surface area contributed by atoms with Crippen LogP contribution in [0.1, 0.15) is 5.56 Å². The Morgan fingerprint density at radius 1 is 1.19 bits per heavy atom. The predicted molar refractivity (Wildman–Crippen MR) is 80.1 cm³/mol. The van der Waals surface area contributed by atoms with E-state index in [4.69, 9.17) is 4.74 Å². The number of benzene rings is 2. The molecule has 0 atom stereocenters. The molecule has 2 aromatic rings. The Bertz CT molecular complexity index is 599. The van der Waals surface area contributed by atoms with Crippen molar-refractivity contribution in [1.29, 1.82) is 0 Å². The molecule has 0 saturated heterocycles. The number of hydrogen-bond acceptors (Lipinski definition) is 2. The SMILES string of the molecule is COc1ccc(NC(=O)NCCc2cccc(F)c2)cc1. The van der Waals surface area contributed by atoms with Crippen LogP contribution in [0.5, 0.6) is 5.75 Å². The maximum atomic E-state index is 13.0. The normalized spacial score (nSPS) is 10.0. The summed E-state index contributed by atoms with van der Waals surface area (Å²) in [6.07, 6.45) is 0.577. The standard InChI is InChI=1S/C16H17FN2O2/c1-21-15-7-5-14(6-8-15)19-16(20)18-10-9-12-3-2-4-13(17)11-12/h2-8,11H,9-10H2,1H3,(H2,18,19,20). The molecular weight excluding hydrogens is 271 g/mol. The summed E-state index contributed by atoms with van der Waals surface area (Å²) < 4.78 is 18.0. The molecule has 0 saturated carbocycles. The Balaban J connectivity index is 1.76. The Morgan fingerprint density at radius 3 is 2.62 bits per heavy atom. The number of amides is 2. The summed E-state index contributed by atoms with van der Waals surface area (Å²) >= 11 is 0. The number of hydrogen-bond donors (Lipinski definition) is 2. The molecule has 2 aromatic carbocycles. The summed E-state index contributed by atoms with van der Waals surface area (Å²) in [5, 5.41) is 5.44. The molecule has 2 rings (SSSR count). The molecule has 0 radical (unpaired) electrons. The van der Waals surface area contributed by atoms with Crippen LogP contribution in [0.15, 0.2) is 48.5 Å². The lowest BCUT2D eigenvalue weighted by Crippen LogP contribution is -2.30. The summed E-state index contributed by atoms with van der Waals surface area (Å²) in [5.41, 5.74) is 1.53. The lowest BCUT2D eigenvalue weighted by Gasteiger charge is -2.08. The van der Waals surface area contributed by atoms with Gasteiger partial charge in [-0.15, -0.1) is 0 Å². The van der Waals surface area contributed by atoms with Gasteiger partial charge in [0.2, 0.25) is 0 Å². The van der Waals surface area contributed by atoms with Crippen LogP contribution in [-0.4, -0.2) is 19.7 Å². The van der Waals surface area contributed by atoms with Gasteiger partial charge in [-0.2, -0.15) is 0 Å². The van der Waals surface area contributed by atoms with Crippen LogP contribution in [-0.2, 0) is 6.42 Å². The molecule has 0 heterocycles. The van der Waals surface area contributed by atoms with Crippen molar-refractivity contribution in [3.63, 3.8) is 0 Å². The summed E-state index contributed by atoms with van der Waals surface area (Å²) in [5.74, 6) is 0.460. The molecule has 0 spiro atoms. The minimum atomic E-state index is -0.295. The molecule has 4 nitrogen and oxygen atoms in total. The van der Waals surface area contributed by atoms with Crippen LogP contribution in [0.4, 0.5) is 14.9 Å². The van der Waals surface area contributed by atoms with Crippen molar-refractivity contribution >= 4 is 11.7 Å².